The quantitative estimate of drug-likeness (QED) is 0.219. The van der Waals surface area contributed by atoms with Crippen molar-refractivity contribution < 1.29 is 5.21 Å². The highest BCUT2D eigenvalue weighted by molar-refractivity contribution is 5.94. The summed E-state index contributed by atoms with van der Waals surface area (Å²) in [6.07, 6.45) is 0. The van der Waals surface area contributed by atoms with Crippen molar-refractivity contribution in [3.63, 3.8) is 0 Å². The zero-order chi connectivity index (χ0) is 8.27. The van der Waals surface area contributed by atoms with E-state index >= 15 is 0 Å². The third-order valence-electron chi connectivity index (χ3n) is 1.15. The number of H-pyrrole nitrogens is 1. The average molecular weight is 153 g/mol. The topological polar surface area (TPSA) is 91.5 Å². The third-order valence-corrected chi connectivity index (χ3v) is 1.15. The number of nitrogens with one attached hydrogen (secondary N) is 1. The van der Waals surface area contributed by atoms with Gasteiger partial charge in [-0.15, -0.1) is 0 Å². The van der Waals surface area contributed by atoms with Crippen LogP contribution < -0.4 is 11.3 Å². The maximum atomic E-state index is 10.7. The lowest BCUT2D eigenvalue weighted by molar-refractivity contribution is 0.318. The molecule has 58 valence electrons. The maximum Gasteiger partial charge on any atom is 0.248 e. The number of hydrogen-bond acceptors (Lipinski definition) is 3. The number of oxime groups is 1. The summed E-state index contributed by atoms with van der Waals surface area (Å²) in [6, 6.07) is 4.40. The number of pyridine rings is 1. The molecule has 0 bridgehead atoms. The van der Waals surface area contributed by atoms with E-state index in [1.165, 1.54) is 18.2 Å². The molecular formula is C6H7N3O2. The second-order valence-electron chi connectivity index (χ2n) is 1.91. The highest BCUT2D eigenvalue weighted by Gasteiger charge is 1.96. The van der Waals surface area contributed by atoms with Crippen molar-refractivity contribution in [1.82, 2.24) is 4.98 Å². The van der Waals surface area contributed by atoms with Gasteiger partial charge in [0.1, 0.15) is 0 Å². The first-order valence-corrected chi connectivity index (χ1v) is 2.91. The standard InChI is InChI=1S/C6H7N3O2/c7-6(9-11)4-2-1-3-5(10)8-4/h1-3,11H,(H2,7,9)(H,8,10). The first-order valence-electron chi connectivity index (χ1n) is 2.91. The molecule has 1 rings (SSSR count). The Hall–Kier alpha value is -1.78. The molecule has 0 aliphatic heterocycles. The van der Waals surface area contributed by atoms with Crippen molar-refractivity contribution in [2.24, 2.45) is 10.9 Å². The molecule has 0 atom stereocenters. The molecule has 5 nitrogen and oxygen atoms in total. The molecule has 0 aromatic carbocycles. The molecule has 0 saturated carbocycles. The summed E-state index contributed by atoms with van der Waals surface area (Å²) in [5.41, 5.74) is 5.22. The summed E-state index contributed by atoms with van der Waals surface area (Å²) in [6.45, 7) is 0. The lowest BCUT2D eigenvalue weighted by Gasteiger charge is -1.94. The van der Waals surface area contributed by atoms with E-state index in [0.717, 1.165) is 0 Å². The van der Waals surface area contributed by atoms with Gasteiger partial charge in [0.15, 0.2) is 5.84 Å². The molecule has 1 heterocycles. The van der Waals surface area contributed by atoms with E-state index in [4.69, 9.17) is 10.9 Å². The second kappa shape index (κ2) is 2.87. The lowest BCUT2D eigenvalue weighted by Crippen LogP contribution is -2.18. The molecule has 1 aromatic heterocycles. The van der Waals surface area contributed by atoms with Crippen LogP contribution in [0.25, 0.3) is 0 Å². The Morgan fingerprint density at radius 3 is 2.91 bits per heavy atom. The van der Waals surface area contributed by atoms with E-state index in [1.54, 1.807) is 0 Å². The summed E-state index contributed by atoms with van der Waals surface area (Å²) in [5.74, 6) is -0.109. The molecule has 0 radical (unpaired) electrons. The fraction of sp³-hybridized carbons (Fsp3) is 0. The Kier molecular flexibility index (Phi) is 1.91. The number of hydrogen-bond donors (Lipinski definition) is 3. The molecule has 1 aromatic rings. The van der Waals surface area contributed by atoms with E-state index in [-0.39, 0.29) is 11.4 Å². The summed E-state index contributed by atoms with van der Waals surface area (Å²) in [7, 11) is 0. The van der Waals surface area contributed by atoms with Crippen molar-refractivity contribution in [3.05, 3.63) is 34.2 Å². The van der Waals surface area contributed by atoms with Crippen molar-refractivity contribution in [2.75, 3.05) is 0 Å². The average Bonchev–Trinajstić information content (AvgIpc) is 2.03. The van der Waals surface area contributed by atoms with Gasteiger partial charge in [-0.2, -0.15) is 0 Å². The maximum absolute atomic E-state index is 10.7. The molecule has 0 aliphatic carbocycles. The molecule has 0 amide bonds. The van der Waals surface area contributed by atoms with Crippen LogP contribution in [0, 0.1) is 0 Å². The van der Waals surface area contributed by atoms with Crippen LogP contribution in [-0.2, 0) is 0 Å². The van der Waals surface area contributed by atoms with Gasteiger partial charge in [-0.05, 0) is 6.07 Å². The van der Waals surface area contributed by atoms with Crippen LogP contribution in [0.4, 0.5) is 0 Å². The zero-order valence-corrected chi connectivity index (χ0v) is 5.61. The minimum Gasteiger partial charge on any atom is -0.409 e. The summed E-state index contributed by atoms with van der Waals surface area (Å²) < 4.78 is 0. The Balaban J connectivity index is 3.16. The molecule has 0 aliphatic rings. The first-order chi connectivity index (χ1) is 5.24. The monoisotopic (exact) mass is 153 g/mol. The summed E-state index contributed by atoms with van der Waals surface area (Å²) >= 11 is 0. The van der Waals surface area contributed by atoms with Gasteiger partial charge >= 0.3 is 0 Å². The molecule has 4 N–H and O–H groups in total. The van der Waals surface area contributed by atoms with Crippen LogP contribution in [0.1, 0.15) is 5.69 Å². The van der Waals surface area contributed by atoms with Crippen LogP contribution in [-0.4, -0.2) is 16.0 Å². The van der Waals surface area contributed by atoms with Crippen LogP contribution in [0.15, 0.2) is 28.1 Å². The highest BCUT2D eigenvalue weighted by atomic mass is 16.4. The van der Waals surface area contributed by atoms with Gasteiger partial charge in [-0.1, -0.05) is 11.2 Å². The Morgan fingerprint density at radius 1 is 1.64 bits per heavy atom. The van der Waals surface area contributed by atoms with Crippen LogP contribution in [0.2, 0.25) is 0 Å². The van der Waals surface area contributed by atoms with E-state index in [1.807, 2.05) is 0 Å². The molecule has 0 spiro atoms. The molecular weight excluding hydrogens is 146 g/mol. The van der Waals surface area contributed by atoms with E-state index in [2.05, 4.69) is 10.1 Å². The predicted molar refractivity (Wildman–Crippen MR) is 39.6 cm³/mol. The van der Waals surface area contributed by atoms with Crippen molar-refractivity contribution in [1.29, 1.82) is 0 Å². The van der Waals surface area contributed by atoms with Crippen LogP contribution in [0.5, 0.6) is 0 Å². The number of nitrogens with two attached hydrogens (primary N) is 1. The smallest absolute Gasteiger partial charge is 0.248 e. The van der Waals surface area contributed by atoms with Gasteiger partial charge in [-0.3, -0.25) is 4.79 Å². The molecule has 0 saturated heterocycles. The Labute approximate surface area is 62.2 Å². The van der Waals surface area contributed by atoms with Gasteiger partial charge in [0, 0.05) is 6.07 Å². The largest absolute Gasteiger partial charge is 0.409 e. The number of aromatic nitrogens is 1. The number of nitrogens with zero attached hydrogens (tertiary/aromatic N) is 1. The molecule has 11 heavy (non-hydrogen) atoms. The lowest BCUT2D eigenvalue weighted by atomic mass is 10.3. The molecule has 5 heteroatoms. The van der Waals surface area contributed by atoms with E-state index in [0.29, 0.717) is 5.69 Å². The van der Waals surface area contributed by atoms with E-state index in [9.17, 15) is 4.79 Å². The summed E-state index contributed by atoms with van der Waals surface area (Å²) in [5, 5.41) is 10.9. The van der Waals surface area contributed by atoms with Gasteiger partial charge in [0.05, 0.1) is 5.69 Å². The van der Waals surface area contributed by atoms with Crippen molar-refractivity contribution in [3.8, 4) is 0 Å². The number of amidine groups is 1. The fourth-order valence-electron chi connectivity index (χ4n) is 0.651. The minimum absolute atomic E-state index is 0.109. The van der Waals surface area contributed by atoms with Crippen LogP contribution in [0.3, 0.4) is 0 Å². The van der Waals surface area contributed by atoms with E-state index < -0.39 is 0 Å². The Morgan fingerprint density at radius 2 is 2.36 bits per heavy atom. The minimum atomic E-state index is -0.283. The number of aromatic amines is 1. The normalized spacial score (nSPS) is 11.5. The van der Waals surface area contributed by atoms with Gasteiger partial charge in [-0.25, -0.2) is 0 Å². The first kappa shape index (κ1) is 7.33. The van der Waals surface area contributed by atoms with Crippen LogP contribution >= 0.6 is 0 Å². The van der Waals surface area contributed by atoms with Crippen molar-refractivity contribution >= 4 is 5.84 Å². The Bertz CT molecular complexity index is 329. The fourth-order valence-corrected chi connectivity index (χ4v) is 0.651. The van der Waals surface area contributed by atoms with Crippen molar-refractivity contribution in [2.45, 2.75) is 0 Å². The molecule has 0 fully saturated rings. The van der Waals surface area contributed by atoms with Gasteiger partial charge in [0.25, 0.3) is 0 Å². The van der Waals surface area contributed by atoms with Gasteiger partial charge < -0.3 is 15.9 Å². The zero-order valence-electron chi connectivity index (χ0n) is 5.61. The predicted octanol–water partition coefficient (Wildman–Crippen LogP) is -0.531. The summed E-state index contributed by atoms with van der Waals surface area (Å²) in [4.78, 5) is 13.0. The number of rotatable bonds is 1. The molecule has 0 unspecified atom stereocenters. The SMILES string of the molecule is NC(=NO)c1cccc(=O)[nH]1. The highest BCUT2D eigenvalue weighted by Crippen LogP contribution is 1.87. The van der Waals surface area contributed by atoms with Gasteiger partial charge in [0.2, 0.25) is 5.56 Å². The second-order valence-corrected chi connectivity index (χ2v) is 1.91. The third kappa shape index (κ3) is 1.57.